The van der Waals surface area contributed by atoms with Crippen LogP contribution in [0.15, 0.2) is 53.1 Å². The smallest absolute Gasteiger partial charge is 0.104 e. The van der Waals surface area contributed by atoms with Crippen LogP contribution in [0.1, 0.15) is 24.7 Å². The summed E-state index contributed by atoms with van der Waals surface area (Å²) >= 11 is 0. The van der Waals surface area contributed by atoms with Crippen LogP contribution < -0.4 is 5.32 Å². The Kier molecular flexibility index (Phi) is 5.70. The molecule has 1 unspecified atom stereocenters. The number of hydrogen-bond donors (Lipinski definition) is 1. The molecule has 0 saturated carbocycles. The second-order valence-corrected chi connectivity index (χ2v) is 5.04. The number of furan rings is 1. The number of nitrogens with one attached hydrogen (secondary N) is 1. The molecule has 19 heavy (non-hydrogen) atoms. The van der Waals surface area contributed by atoms with Crippen LogP contribution in [0.5, 0.6) is 0 Å². The molecule has 0 saturated heterocycles. The summed E-state index contributed by atoms with van der Waals surface area (Å²) in [5.41, 5.74) is 1.40. The molecule has 0 amide bonds. The van der Waals surface area contributed by atoms with Crippen molar-refractivity contribution in [3.8, 4) is 0 Å². The molecule has 0 spiro atoms. The van der Waals surface area contributed by atoms with Crippen LogP contribution in [0, 0.1) is 5.92 Å². The van der Waals surface area contributed by atoms with E-state index in [-0.39, 0.29) is 0 Å². The number of benzene rings is 1. The lowest BCUT2D eigenvalue weighted by atomic mass is 9.95. The monoisotopic (exact) mass is 257 g/mol. The lowest BCUT2D eigenvalue weighted by Crippen LogP contribution is -2.26. The van der Waals surface area contributed by atoms with Crippen LogP contribution in [0.3, 0.4) is 0 Å². The molecule has 1 aromatic heterocycles. The molecule has 0 aliphatic heterocycles. The van der Waals surface area contributed by atoms with Gasteiger partial charge in [-0.25, -0.2) is 0 Å². The van der Waals surface area contributed by atoms with Crippen LogP contribution in [0.4, 0.5) is 0 Å². The molecule has 1 N–H and O–H groups in total. The minimum absolute atomic E-state index is 0.583. The lowest BCUT2D eigenvalue weighted by molar-refractivity contribution is 0.415. The predicted octanol–water partition coefficient (Wildman–Crippen LogP) is 3.68. The van der Waals surface area contributed by atoms with Gasteiger partial charge in [-0.15, -0.1) is 0 Å². The molecule has 0 aliphatic carbocycles. The van der Waals surface area contributed by atoms with Gasteiger partial charge in [0.05, 0.1) is 6.26 Å². The Bertz CT molecular complexity index is 436. The second-order valence-electron chi connectivity index (χ2n) is 5.04. The van der Waals surface area contributed by atoms with E-state index in [1.807, 2.05) is 6.07 Å². The summed E-state index contributed by atoms with van der Waals surface area (Å²) in [5, 5.41) is 3.53. The van der Waals surface area contributed by atoms with Crippen molar-refractivity contribution in [2.24, 2.45) is 5.92 Å². The number of hydrogen-bond acceptors (Lipinski definition) is 2. The van der Waals surface area contributed by atoms with Gasteiger partial charge in [0.1, 0.15) is 5.76 Å². The van der Waals surface area contributed by atoms with Gasteiger partial charge in [-0.05, 0) is 49.5 Å². The Morgan fingerprint density at radius 3 is 2.58 bits per heavy atom. The van der Waals surface area contributed by atoms with E-state index in [2.05, 4.69) is 48.6 Å². The first-order valence-electron chi connectivity index (χ1n) is 7.15. The summed E-state index contributed by atoms with van der Waals surface area (Å²) in [4.78, 5) is 0. The quantitative estimate of drug-likeness (QED) is 0.730. The van der Waals surface area contributed by atoms with E-state index in [0.29, 0.717) is 5.92 Å². The summed E-state index contributed by atoms with van der Waals surface area (Å²) in [5.74, 6) is 1.67. The fourth-order valence-electron chi connectivity index (χ4n) is 2.36. The molecule has 0 fully saturated rings. The summed E-state index contributed by atoms with van der Waals surface area (Å²) < 4.78 is 5.48. The van der Waals surface area contributed by atoms with E-state index in [9.17, 15) is 0 Å². The van der Waals surface area contributed by atoms with Gasteiger partial charge in [0.15, 0.2) is 0 Å². The third-order valence-corrected chi connectivity index (χ3v) is 3.30. The summed E-state index contributed by atoms with van der Waals surface area (Å²) in [7, 11) is 0. The zero-order valence-corrected chi connectivity index (χ0v) is 11.6. The first kappa shape index (κ1) is 13.9. The Balaban J connectivity index is 1.93. The minimum atomic E-state index is 0.583. The van der Waals surface area contributed by atoms with Gasteiger partial charge < -0.3 is 9.73 Å². The Labute approximate surface area is 115 Å². The van der Waals surface area contributed by atoms with Crippen LogP contribution in [-0.2, 0) is 12.8 Å². The van der Waals surface area contributed by atoms with Crippen LogP contribution in [-0.4, -0.2) is 13.1 Å². The highest BCUT2D eigenvalue weighted by Crippen LogP contribution is 2.14. The molecule has 2 aromatic rings. The highest BCUT2D eigenvalue weighted by molar-refractivity contribution is 5.16. The maximum absolute atomic E-state index is 5.48. The van der Waals surface area contributed by atoms with Crippen molar-refractivity contribution in [3.05, 3.63) is 60.1 Å². The van der Waals surface area contributed by atoms with Gasteiger partial charge in [-0.3, -0.25) is 0 Å². The molecular formula is C17H23NO. The standard InChI is InChI=1S/C17H23NO/c1-2-10-18-14-16(13-17-9-6-11-19-17)12-15-7-4-3-5-8-15/h3-9,11,16,18H,2,10,12-14H2,1H3. The van der Waals surface area contributed by atoms with Crippen LogP contribution in [0.25, 0.3) is 0 Å². The second kappa shape index (κ2) is 7.80. The van der Waals surface area contributed by atoms with Gasteiger partial charge >= 0.3 is 0 Å². The molecule has 0 aliphatic rings. The Morgan fingerprint density at radius 1 is 1.05 bits per heavy atom. The molecule has 1 heterocycles. The van der Waals surface area contributed by atoms with Gasteiger partial charge in [0, 0.05) is 6.42 Å². The van der Waals surface area contributed by atoms with Gasteiger partial charge in [-0.1, -0.05) is 37.3 Å². The molecule has 1 aromatic carbocycles. The van der Waals surface area contributed by atoms with E-state index >= 15 is 0 Å². The van der Waals surface area contributed by atoms with E-state index in [1.165, 1.54) is 12.0 Å². The first-order valence-corrected chi connectivity index (χ1v) is 7.15. The van der Waals surface area contributed by atoms with Crippen molar-refractivity contribution in [1.29, 1.82) is 0 Å². The van der Waals surface area contributed by atoms with Gasteiger partial charge in [0.25, 0.3) is 0 Å². The highest BCUT2D eigenvalue weighted by atomic mass is 16.3. The van der Waals surface area contributed by atoms with E-state index < -0.39 is 0 Å². The predicted molar refractivity (Wildman–Crippen MR) is 79.2 cm³/mol. The fourth-order valence-corrected chi connectivity index (χ4v) is 2.36. The minimum Gasteiger partial charge on any atom is -0.469 e. The molecule has 2 rings (SSSR count). The molecule has 0 bridgehead atoms. The zero-order valence-electron chi connectivity index (χ0n) is 11.6. The van der Waals surface area contributed by atoms with Crippen molar-refractivity contribution in [2.45, 2.75) is 26.2 Å². The van der Waals surface area contributed by atoms with Gasteiger partial charge in [0.2, 0.25) is 0 Å². The Morgan fingerprint density at radius 2 is 1.89 bits per heavy atom. The normalized spacial score (nSPS) is 12.5. The van der Waals surface area contributed by atoms with Crippen LogP contribution >= 0.6 is 0 Å². The van der Waals surface area contributed by atoms with Crippen molar-refractivity contribution in [1.82, 2.24) is 5.32 Å². The van der Waals surface area contributed by atoms with Crippen molar-refractivity contribution in [2.75, 3.05) is 13.1 Å². The maximum atomic E-state index is 5.48. The SMILES string of the molecule is CCCNCC(Cc1ccccc1)Cc1ccco1. The van der Waals surface area contributed by atoms with Gasteiger partial charge in [-0.2, -0.15) is 0 Å². The van der Waals surface area contributed by atoms with Crippen molar-refractivity contribution >= 4 is 0 Å². The van der Waals surface area contributed by atoms with E-state index in [4.69, 9.17) is 4.42 Å². The van der Waals surface area contributed by atoms with Crippen LogP contribution in [0.2, 0.25) is 0 Å². The maximum Gasteiger partial charge on any atom is 0.104 e. The third kappa shape index (κ3) is 4.92. The lowest BCUT2D eigenvalue weighted by Gasteiger charge is -2.16. The number of rotatable bonds is 8. The zero-order chi connectivity index (χ0) is 13.3. The highest BCUT2D eigenvalue weighted by Gasteiger charge is 2.12. The van der Waals surface area contributed by atoms with E-state index in [1.54, 1.807) is 6.26 Å². The van der Waals surface area contributed by atoms with Crippen molar-refractivity contribution in [3.63, 3.8) is 0 Å². The molecule has 0 radical (unpaired) electrons. The largest absolute Gasteiger partial charge is 0.469 e. The molecular weight excluding hydrogens is 234 g/mol. The molecule has 2 heteroatoms. The average Bonchev–Trinajstić information content (AvgIpc) is 2.93. The van der Waals surface area contributed by atoms with Crippen molar-refractivity contribution < 1.29 is 4.42 Å². The average molecular weight is 257 g/mol. The summed E-state index contributed by atoms with van der Waals surface area (Å²) in [6, 6.07) is 14.7. The topological polar surface area (TPSA) is 25.2 Å². The first-order chi connectivity index (χ1) is 9.38. The molecule has 102 valence electrons. The fraction of sp³-hybridized carbons (Fsp3) is 0.412. The summed E-state index contributed by atoms with van der Waals surface area (Å²) in [6.07, 6.45) is 5.03. The molecule has 1 atom stereocenters. The Hall–Kier alpha value is -1.54. The third-order valence-electron chi connectivity index (χ3n) is 3.30. The molecule has 2 nitrogen and oxygen atoms in total. The van der Waals surface area contributed by atoms with E-state index in [0.717, 1.165) is 31.7 Å². The summed E-state index contributed by atoms with van der Waals surface area (Å²) in [6.45, 7) is 4.33.